The average Bonchev–Trinajstić information content (AvgIpc) is 2.83. The van der Waals surface area contributed by atoms with Gasteiger partial charge in [-0.1, -0.05) is 23.2 Å². The third-order valence-corrected chi connectivity index (χ3v) is 6.31. The van der Waals surface area contributed by atoms with Crippen LogP contribution in [0.15, 0.2) is 39.8 Å². The molecular weight excluding hydrogens is 503 g/mol. The minimum atomic E-state index is -0.540. The maximum absolute atomic E-state index is 12.4. The van der Waals surface area contributed by atoms with Gasteiger partial charge in [0.05, 0.1) is 35.1 Å². The lowest BCUT2D eigenvalue weighted by molar-refractivity contribution is 0.270. The number of nitrogens with zero attached hydrogens (tertiary/aromatic N) is 3. The predicted octanol–water partition coefficient (Wildman–Crippen LogP) is 5.68. The molecular formula is C26H34Cl2N4O4. The van der Waals surface area contributed by atoms with Crippen molar-refractivity contribution in [3.63, 3.8) is 0 Å². The standard InChI is InChI=1S/C26H34Cl2N4O4/c1-31(2)11-8-13-32(3)12-6-5-7-14-35-26-22(34-4)10-9-18-21(15-23(33)36-25(18)26)30-24-19(27)16-29-17-20(24)28/h9-10,15-17H,5-8,11-14H2,1-4H3,(H,29,30). The van der Waals surface area contributed by atoms with Gasteiger partial charge in [0.1, 0.15) is 0 Å². The van der Waals surface area contributed by atoms with Gasteiger partial charge in [-0.2, -0.15) is 0 Å². The number of rotatable bonds is 14. The van der Waals surface area contributed by atoms with E-state index >= 15 is 0 Å². The van der Waals surface area contributed by atoms with Gasteiger partial charge in [0.2, 0.25) is 5.75 Å². The van der Waals surface area contributed by atoms with Crippen LogP contribution in [0.1, 0.15) is 25.7 Å². The molecule has 0 radical (unpaired) electrons. The molecule has 1 N–H and O–H groups in total. The number of aromatic nitrogens is 1. The Balaban J connectivity index is 1.67. The summed E-state index contributed by atoms with van der Waals surface area (Å²) in [4.78, 5) is 20.9. The molecule has 0 saturated carbocycles. The topological polar surface area (TPSA) is 80.1 Å². The van der Waals surface area contributed by atoms with Crippen LogP contribution in [-0.4, -0.2) is 69.3 Å². The van der Waals surface area contributed by atoms with Crippen molar-refractivity contribution in [1.82, 2.24) is 14.8 Å². The number of methoxy groups -OCH3 is 1. The number of ether oxygens (including phenoxy) is 2. The number of hydrogen-bond donors (Lipinski definition) is 1. The summed E-state index contributed by atoms with van der Waals surface area (Å²) in [7, 11) is 7.91. The Morgan fingerprint density at radius 1 is 1.00 bits per heavy atom. The Kier molecular flexibility index (Phi) is 10.7. The molecule has 0 aliphatic heterocycles. The first-order valence-corrected chi connectivity index (χ1v) is 12.7. The lowest BCUT2D eigenvalue weighted by Crippen LogP contribution is -2.24. The van der Waals surface area contributed by atoms with Crippen LogP contribution in [0.25, 0.3) is 11.0 Å². The molecule has 196 valence electrons. The number of halogens is 2. The van der Waals surface area contributed by atoms with Gasteiger partial charge in [-0.15, -0.1) is 0 Å². The monoisotopic (exact) mass is 536 g/mol. The van der Waals surface area contributed by atoms with Crippen LogP contribution in [0, 0.1) is 0 Å². The lowest BCUT2D eigenvalue weighted by Gasteiger charge is -2.18. The summed E-state index contributed by atoms with van der Waals surface area (Å²) in [5.41, 5.74) is 0.694. The van der Waals surface area contributed by atoms with E-state index in [9.17, 15) is 4.79 Å². The van der Waals surface area contributed by atoms with Crippen molar-refractivity contribution < 1.29 is 13.9 Å². The number of unbranched alkanes of at least 4 members (excludes halogenated alkanes) is 2. The van der Waals surface area contributed by atoms with E-state index in [1.807, 2.05) is 0 Å². The predicted molar refractivity (Wildman–Crippen MR) is 147 cm³/mol. The Morgan fingerprint density at radius 2 is 1.72 bits per heavy atom. The van der Waals surface area contributed by atoms with E-state index < -0.39 is 5.63 Å². The normalized spacial score (nSPS) is 11.4. The average molecular weight is 537 g/mol. The van der Waals surface area contributed by atoms with Crippen molar-refractivity contribution in [3.8, 4) is 11.5 Å². The minimum Gasteiger partial charge on any atom is -0.493 e. The van der Waals surface area contributed by atoms with Crippen molar-refractivity contribution >= 4 is 45.5 Å². The first-order chi connectivity index (χ1) is 17.3. The number of pyridine rings is 1. The smallest absolute Gasteiger partial charge is 0.338 e. The number of hydrogen-bond acceptors (Lipinski definition) is 8. The van der Waals surface area contributed by atoms with E-state index in [1.165, 1.54) is 18.5 Å². The highest BCUT2D eigenvalue weighted by Gasteiger charge is 2.17. The number of anilines is 2. The summed E-state index contributed by atoms with van der Waals surface area (Å²) in [6.45, 7) is 3.71. The molecule has 0 atom stereocenters. The fourth-order valence-corrected chi connectivity index (χ4v) is 4.31. The van der Waals surface area contributed by atoms with Gasteiger partial charge in [0.15, 0.2) is 11.3 Å². The second-order valence-electron chi connectivity index (χ2n) is 8.93. The van der Waals surface area contributed by atoms with Crippen molar-refractivity contribution in [2.75, 3.05) is 59.8 Å². The summed E-state index contributed by atoms with van der Waals surface area (Å²) < 4.78 is 17.1. The fourth-order valence-electron chi connectivity index (χ4n) is 3.85. The summed E-state index contributed by atoms with van der Waals surface area (Å²) in [5.74, 6) is 0.881. The second-order valence-corrected chi connectivity index (χ2v) is 9.74. The van der Waals surface area contributed by atoms with E-state index in [4.69, 9.17) is 37.1 Å². The molecule has 10 heteroatoms. The highest BCUT2D eigenvalue weighted by atomic mass is 35.5. The second kappa shape index (κ2) is 13.7. The zero-order valence-corrected chi connectivity index (χ0v) is 22.8. The molecule has 0 spiro atoms. The maximum atomic E-state index is 12.4. The summed E-state index contributed by atoms with van der Waals surface area (Å²) in [6.07, 6.45) is 7.10. The summed E-state index contributed by atoms with van der Waals surface area (Å²) >= 11 is 12.5. The van der Waals surface area contributed by atoms with Crippen LogP contribution in [0.5, 0.6) is 11.5 Å². The van der Waals surface area contributed by atoms with Crippen molar-refractivity contribution in [3.05, 3.63) is 51.1 Å². The molecule has 2 aromatic heterocycles. The van der Waals surface area contributed by atoms with E-state index in [2.05, 4.69) is 41.2 Å². The summed E-state index contributed by atoms with van der Waals surface area (Å²) in [5, 5.41) is 4.43. The Labute approximate surface area is 222 Å². The molecule has 3 rings (SSSR count). The van der Waals surface area contributed by atoms with E-state index in [-0.39, 0.29) is 0 Å². The SMILES string of the molecule is COc1ccc2c(Nc3c(Cl)cncc3Cl)cc(=O)oc2c1OCCCCCN(C)CCCN(C)C. The molecule has 2 heterocycles. The van der Waals surface area contributed by atoms with Gasteiger partial charge < -0.3 is 29.0 Å². The largest absolute Gasteiger partial charge is 0.493 e. The van der Waals surface area contributed by atoms with Gasteiger partial charge in [-0.05, 0) is 78.6 Å². The van der Waals surface area contributed by atoms with Gasteiger partial charge in [-0.3, -0.25) is 4.98 Å². The molecule has 0 amide bonds. The van der Waals surface area contributed by atoms with Crippen LogP contribution in [0.3, 0.4) is 0 Å². The molecule has 3 aromatic rings. The quantitative estimate of drug-likeness (QED) is 0.208. The minimum absolute atomic E-state index is 0.297. The van der Waals surface area contributed by atoms with Crippen molar-refractivity contribution in [2.45, 2.75) is 25.7 Å². The molecule has 0 aliphatic rings. The number of nitrogens with one attached hydrogen (secondary N) is 1. The van der Waals surface area contributed by atoms with Gasteiger partial charge in [-0.25, -0.2) is 4.79 Å². The molecule has 8 nitrogen and oxygen atoms in total. The van der Waals surface area contributed by atoms with Crippen LogP contribution >= 0.6 is 23.2 Å². The fraction of sp³-hybridized carbons (Fsp3) is 0.462. The third-order valence-electron chi connectivity index (χ3n) is 5.74. The van der Waals surface area contributed by atoms with Crippen LogP contribution in [-0.2, 0) is 0 Å². The van der Waals surface area contributed by atoms with Crippen LogP contribution in [0.4, 0.5) is 11.4 Å². The molecule has 0 fully saturated rings. The molecule has 36 heavy (non-hydrogen) atoms. The van der Waals surface area contributed by atoms with Crippen LogP contribution < -0.4 is 20.4 Å². The molecule has 1 aromatic carbocycles. The van der Waals surface area contributed by atoms with E-state index in [0.717, 1.165) is 45.3 Å². The van der Waals surface area contributed by atoms with Crippen molar-refractivity contribution in [2.24, 2.45) is 0 Å². The van der Waals surface area contributed by atoms with Crippen LogP contribution in [0.2, 0.25) is 10.0 Å². The van der Waals surface area contributed by atoms with Gasteiger partial charge in [0, 0.05) is 23.8 Å². The zero-order valence-electron chi connectivity index (χ0n) is 21.3. The van der Waals surface area contributed by atoms with E-state index in [0.29, 0.717) is 50.5 Å². The number of benzene rings is 1. The first-order valence-electron chi connectivity index (χ1n) is 12.0. The van der Waals surface area contributed by atoms with E-state index in [1.54, 1.807) is 19.2 Å². The Hall–Kier alpha value is -2.52. The van der Waals surface area contributed by atoms with Gasteiger partial charge in [0.25, 0.3) is 0 Å². The Bertz CT molecular complexity index is 1180. The lowest BCUT2D eigenvalue weighted by atomic mass is 10.1. The first kappa shape index (κ1) is 28.1. The molecule has 0 saturated heterocycles. The maximum Gasteiger partial charge on any atom is 0.338 e. The third kappa shape index (κ3) is 7.74. The van der Waals surface area contributed by atoms with Gasteiger partial charge >= 0.3 is 5.63 Å². The highest BCUT2D eigenvalue weighted by Crippen LogP contribution is 2.40. The Morgan fingerprint density at radius 3 is 2.42 bits per heavy atom. The molecule has 0 aliphatic carbocycles. The van der Waals surface area contributed by atoms with Crippen molar-refractivity contribution in [1.29, 1.82) is 0 Å². The molecule has 0 unspecified atom stereocenters. The highest BCUT2D eigenvalue weighted by molar-refractivity contribution is 6.39. The number of fused-ring (bicyclic) bond motifs is 1. The molecule has 0 bridgehead atoms. The summed E-state index contributed by atoms with van der Waals surface area (Å²) in [6, 6.07) is 4.92. The zero-order chi connectivity index (χ0) is 26.1.